The predicted molar refractivity (Wildman–Crippen MR) is 101 cm³/mol. The molecule has 0 bridgehead atoms. The number of hydrogen-bond acceptors (Lipinski definition) is 6. The van der Waals surface area contributed by atoms with Gasteiger partial charge in [0.05, 0.1) is 5.02 Å². The number of benzene rings is 1. The Labute approximate surface area is 158 Å². The molecule has 26 heavy (non-hydrogen) atoms. The summed E-state index contributed by atoms with van der Waals surface area (Å²) >= 11 is 7.15. The van der Waals surface area contributed by atoms with E-state index in [9.17, 15) is 9.18 Å². The summed E-state index contributed by atoms with van der Waals surface area (Å²) in [5.41, 5.74) is 0.718. The van der Waals surface area contributed by atoms with Crippen LogP contribution in [0, 0.1) is 11.7 Å². The Kier molecular flexibility index (Phi) is 4.64. The molecule has 1 aliphatic heterocycles. The third kappa shape index (κ3) is 3.20. The fourth-order valence-corrected chi connectivity index (χ4v) is 4.40. The van der Waals surface area contributed by atoms with Crippen molar-refractivity contribution in [3.8, 4) is 0 Å². The lowest BCUT2D eigenvalue weighted by Crippen LogP contribution is -2.25. The molecule has 0 radical (unpaired) electrons. The molecule has 1 saturated heterocycles. The Morgan fingerprint density at radius 1 is 1.42 bits per heavy atom. The molecule has 3 heterocycles. The number of rotatable bonds is 4. The zero-order valence-corrected chi connectivity index (χ0v) is 15.6. The quantitative estimate of drug-likeness (QED) is 0.738. The SMILES string of the molecule is CN1CCC(CNc2nn3c(=O)ccnc3s2)C1c1ccc(Cl)c(F)c1. The van der Waals surface area contributed by atoms with E-state index in [0.29, 0.717) is 16.6 Å². The number of fused-ring (bicyclic) bond motifs is 1. The van der Waals surface area contributed by atoms with Crippen molar-refractivity contribution in [2.24, 2.45) is 5.92 Å². The molecule has 2 unspecified atom stereocenters. The average Bonchev–Trinajstić information content (AvgIpc) is 3.20. The van der Waals surface area contributed by atoms with Crippen LogP contribution in [0.25, 0.3) is 4.96 Å². The summed E-state index contributed by atoms with van der Waals surface area (Å²) < 4.78 is 15.2. The van der Waals surface area contributed by atoms with Crippen LogP contribution < -0.4 is 10.9 Å². The highest BCUT2D eigenvalue weighted by atomic mass is 35.5. The number of anilines is 1. The van der Waals surface area contributed by atoms with Gasteiger partial charge in [0.1, 0.15) is 5.82 Å². The van der Waals surface area contributed by atoms with Crippen molar-refractivity contribution in [3.63, 3.8) is 0 Å². The normalized spacial score (nSPS) is 20.7. The number of aromatic nitrogens is 3. The molecule has 0 spiro atoms. The second-order valence-electron chi connectivity index (χ2n) is 6.41. The molecule has 0 saturated carbocycles. The van der Waals surface area contributed by atoms with Gasteiger partial charge in [-0.05, 0) is 43.6 Å². The molecular formula is C17H17ClFN5OS. The van der Waals surface area contributed by atoms with Crippen LogP contribution in [0.2, 0.25) is 5.02 Å². The van der Waals surface area contributed by atoms with Gasteiger partial charge in [-0.15, -0.1) is 5.10 Å². The minimum Gasteiger partial charge on any atom is -0.360 e. The van der Waals surface area contributed by atoms with E-state index in [1.54, 1.807) is 6.07 Å². The first-order valence-electron chi connectivity index (χ1n) is 8.27. The first kappa shape index (κ1) is 17.4. The lowest BCUT2D eigenvalue weighted by atomic mass is 9.93. The zero-order chi connectivity index (χ0) is 18.3. The zero-order valence-electron chi connectivity index (χ0n) is 14.0. The topological polar surface area (TPSA) is 62.5 Å². The lowest BCUT2D eigenvalue weighted by molar-refractivity contribution is 0.281. The minimum absolute atomic E-state index is 0.101. The van der Waals surface area contributed by atoms with Crippen LogP contribution in [0.5, 0.6) is 0 Å². The third-order valence-electron chi connectivity index (χ3n) is 4.75. The number of likely N-dealkylation sites (tertiary alicyclic amines) is 1. The van der Waals surface area contributed by atoms with E-state index in [1.807, 2.05) is 13.1 Å². The molecule has 0 amide bonds. The van der Waals surface area contributed by atoms with Gasteiger partial charge < -0.3 is 5.32 Å². The highest BCUT2D eigenvalue weighted by Crippen LogP contribution is 2.37. The summed E-state index contributed by atoms with van der Waals surface area (Å²) in [6.07, 6.45) is 2.47. The summed E-state index contributed by atoms with van der Waals surface area (Å²) in [7, 11) is 2.04. The Morgan fingerprint density at radius 2 is 2.27 bits per heavy atom. The largest absolute Gasteiger partial charge is 0.360 e. The number of nitrogens with zero attached hydrogens (tertiary/aromatic N) is 4. The number of nitrogens with one attached hydrogen (secondary N) is 1. The van der Waals surface area contributed by atoms with E-state index < -0.39 is 5.82 Å². The maximum atomic E-state index is 13.9. The van der Waals surface area contributed by atoms with Crippen LogP contribution in [-0.4, -0.2) is 39.6 Å². The molecule has 1 aromatic carbocycles. The Bertz CT molecular complexity index is 1010. The van der Waals surface area contributed by atoms with Gasteiger partial charge in [0.15, 0.2) is 0 Å². The van der Waals surface area contributed by atoms with Gasteiger partial charge in [-0.1, -0.05) is 29.0 Å². The number of halogens is 2. The second-order valence-corrected chi connectivity index (χ2v) is 7.78. The summed E-state index contributed by atoms with van der Waals surface area (Å²) in [6.45, 7) is 1.61. The van der Waals surface area contributed by atoms with E-state index >= 15 is 0 Å². The van der Waals surface area contributed by atoms with Crippen LogP contribution >= 0.6 is 22.9 Å². The van der Waals surface area contributed by atoms with Crippen molar-refractivity contribution in [1.82, 2.24) is 19.5 Å². The smallest absolute Gasteiger partial charge is 0.275 e. The fourth-order valence-electron chi connectivity index (χ4n) is 3.50. The molecule has 3 aromatic rings. The Morgan fingerprint density at radius 3 is 3.04 bits per heavy atom. The maximum Gasteiger partial charge on any atom is 0.275 e. The summed E-state index contributed by atoms with van der Waals surface area (Å²) in [5, 5.41) is 8.37. The van der Waals surface area contributed by atoms with Gasteiger partial charge in [0, 0.05) is 24.8 Å². The minimum atomic E-state index is -0.396. The molecule has 1 aliphatic rings. The van der Waals surface area contributed by atoms with Crippen molar-refractivity contribution >= 4 is 33.0 Å². The highest BCUT2D eigenvalue weighted by Gasteiger charge is 2.33. The molecule has 2 atom stereocenters. The molecule has 9 heteroatoms. The highest BCUT2D eigenvalue weighted by molar-refractivity contribution is 7.20. The average molecular weight is 394 g/mol. The second kappa shape index (κ2) is 6.94. The Hall–Kier alpha value is -2.03. The fraction of sp³-hybridized carbons (Fsp3) is 0.353. The third-order valence-corrected chi connectivity index (χ3v) is 5.93. The van der Waals surface area contributed by atoms with Gasteiger partial charge in [-0.3, -0.25) is 9.69 Å². The first-order chi connectivity index (χ1) is 12.5. The Balaban J connectivity index is 1.53. The van der Waals surface area contributed by atoms with Crippen molar-refractivity contribution in [1.29, 1.82) is 0 Å². The van der Waals surface area contributed by atoms with Crippen molar-refractivity contribution in [2.45, 2.75) is 12.5 Å². The van der Waals surface area contributed by atoms with E-state index in [1.165, 1.54) is 34.2 Å². The van der Waals surface area contributed by atoms with Gasteiger partial charge in [-0.25, -0.2) is 9.37 Å². The van der Waals surface area contributed by atoms with Crippen LogP contribution in [0.15, 0.2) is 35.3 Å². The molecule has 4 rings (SSSR count). The molecule has 1 fully saturated rings. The van der Waals surface area contributed by atoms with Crippen LogP contribution in [0.4, 0.5) is 9.52 Å². The van der Waals surface area contributed by atoms with E-state index in [2.05, 4.69) is 20.3 Å². The van der Waals surface area contributed by atoms with Gasteiger partial charge in [0.25, 0.3) is 5.56 Å². The van der Waals surface area contributed by atoms with Gasteiger partial charge >= 0.3 is 0 Å². The van der Waals surface area contributed by atoms with Crippen LogP contribution in [0.1, 0.15) is 18.0 Å². The van der Waals surface area contributed by atoms with E-state index in [-0.39, 0.29) is 22.5 Å². The summed E-state index contributed by atoms with van der Waals surface area (Å²) in [6, 6.07) is 6.49. The molecule has 0 aliphatic carbocycles. The van der Waals surface area contributed by atoms with Crippen molar-refractivity contribution in [2.75, 3.05) is 25.5 Å². The number of hydrogen-bond donors (Lipinski definition) is 1. The molecule has 136 valence electrons. The first-order valence-corrected chi connectivity index (χ1v) is 9.46. The maximum absolute atomic E-state index is 13.9. The molecular weight excluding hydrogens is 377 g/mol. The van der Waals surface area contributed by atoms with Crippen LogP contribution in [0.3, 0.4) is 0 Å². The summed E-state index contributed by atoms with van der Waals surface area (Å²) in [5.74, 6) is -0.106. The molecule has 1 N–H and O–H groups in total. The standard InChI is InChI=1S/C17H17ClFN5OS/c1-23-7-5-11(15(23)10-2-3-12(18)13(19)8-10)9-21-16-22-24-14(25)4-6-20-17(24)26-16/h2-4,6,8,11,15H,5,7,9H2,1H3,(H,21,22). The molecule has 6 nitrogen and oxygen atoms in total. The summed E-state index contributed by atoms with van der Waals surface area (Å²) in [4.78, 5) is 18.7. The van der Waals surface area contributed by atoms with Gasteiger partial charge in [-0.2, -0.15) is 4.52 Å². The monoisotopic (exact) mass is 393 g/mol. The van der Waals surface area contributed by atoms with Crippen LogP contribution in [-0.2, 0) is 0 Å². The van der Waals surface area contributed by atoms with Crippen molar-refractivity contribution in [3.05, 3.63) is 57.2 Å². The van der Waals surface area contributed by atoms with E-state index in [0.717, 1.165) is 18.5 Å². The van der Waals surface area contributed by atoms with E-state index in [4.69, 9.17) is 11.6 Å². The van der Waals surface area contributed by atoms with Gasteiger partial charge in [0.2, 0.25) is 10.1 Å². The van der Waals surface area contributed by atoms with Crippen molar-refractivity contribution < 1.29 is 4.39 Å². The molecule has 2 aromatic heterocycles. The predicted octanol–water partition coefficient (Wildman–Crippen LogP) is 3.05. The lowest BCUT2D eigenvalue weighted by Gasteiger charge is -2.26.